The number of carbonyl (C=O) groups is 2. The summed E-state index contributed by atoms with van der Waals surface area (Å²) in [7, 11) is 0. The molecule has 21 heavy (non-hydrogen) atoms. The van der Waals surface area contributed by atoms with E-state index in [4.69, 9.17) is 9.47 Å². The van der Waals surface area contributed by atoms with E-state index >= 15 is 0 Å². The maximum absolute atomic E-state index is 12.0. The number of esters is 2. The summed E-state index contributed by atoms with van der Waals surface area (Å²) in [6, 6.07) is 13.6. The highest BCUT2D eigenvalue weighted by atomic mass is 16.5. The van der Waals surface area contributed by atoms with Gasteiger partial charge in [-0.3, -0.25) is 4.79 Å². The van der Waals surface area contributed by atoms with E-state index in [1.54, 1.807) is 43.3 Å². The molecule has 2 aromatic carbocycles. The zero-order valence-corrected chi connectivity index (χ0v) is 12.0. The van der Waals surface area contributed by atoms with E-state index in [1.807, 2.05) is 13.0 Å². The topological polar surface area (TPSA) is 52.6 Å². The van der Waals surface area contributed by atoms with Gasteiger partial charge in [0, 0.05) is 12.5 Å². The summed E-state index contributed by atoms with van der Waals surface area (Å²) in [5.74, 6) is -0.0888. The van der Waals surface area contributed by atoms with Gasteiger partial charge in [-0.2, -0.15) is 0 Å². The predicted molar refractivity (Wildman–Crippen MR) is 78.5 cm³/mol. The van der Waals surface area contributed by atoms with Crippen molar-refractivity contribution in [1.29, 1.82) is 0 Å². The van der Waals surface area contributed by atoms with E-state index < -0.39 is 5.97 Å². The van der Waals surface area contributed by atoms with Gasteiger partial charge in [-0.15, -0.1) is 0 Å². The molecule has 0 unspecified atom stereocenters. The number of benzene rings is 2. The summed E-state index contributed by atoms with van der Waals surface area (Å²) in [5, 5.41) is 0. The summed E-state index contributed by atoms with van der Waals surface area (Å²) < 4.78 is 10.4. The SMILES string of the molecule is CCC(=O)Oc1cccc(OC(=O)c2cccc(C)c2)c1. The molecule has 0 amide bonds. The molecule has 0 aromatic heterocycles. The van der Waals surface area contributed by atoms with Gasteiger partial charge in [-0.1, -0.05) is 30.7 Å². The third-order valence-corrected chi connectivity index (χ3v) is 2.79. The lowest BCUT2D eigenvalue weighted by molar-refractivity contribution is -0.134. The summed E-state index contributed by atoms with van der Waals surface area (Å²) in [6.45, 7) is 3.62. The van der Waals surface area contributed by atoms with Crippen LogP contribution in [-0.4, -0.2) is 11.9 Å². The molecule has 4 heteroatoms. The molecule has 4 nitrogen and oxygen atoms in total. The largest absolute Gasteiger partial charge is 0.426 e. The molecule has 0 aliphatic carbocycles. The Bertz CT molecular complexity index is 661. The van der Waals surface area contributed by atoms with Crippen LogP contribution in [0.2, 0.25) is 0 Å². The second kappa shape index (κ2) is 6.70. The Morgan fingerprint density at radius 1 is 0.952 bits per heavy atom. The average Bonchev–Trinajstić information content (AvgIpc) is 2.47. The van der Waals surface area contributed by atoms with Crippen LogP contribution in [-0.2, 0) is 4.79 Å². The number of hydrogen-bond donors (Lipinski definition) is 0. The van der Waals surface area contributed by atoms with Crippen LogP contribution in [0.3, 0.4) is 0 Å². The fraction of sp³-hybridized carbons (Fsp3) is 0.176. The first-order chi connectivity index (χ1) is 10.1. The summed E-state index contributed by atoms with van der Waals surface area (Å²) >= 11 is 0. The van der Waals surface area contributed by atoms with Crippen molar-refractivity contribution in [2.24, 2.45) is 0 Å². The van der Waals surface area contributed by atoms with Crippen molar-refractivity contribution >= 4 is 11.9 Å². The molecule has 2 aromatic rings. The molecule has 0 saturated carbocycles. The smallest absolute Gasteiger partial charge is 0.343 e. The van der Waals surface area contributed by atoms with Gasteiger partial charge in [0.1, 0.15) is 11.5 Å². The standard InChI is InChI=1S/C17H16O4/c1-3-16(18)20-14-8-5-9-15(11-14)21-17(19)13-7-4-6-12(2)10-13/h4-11H,3H2,1-2H3. The summed E-state index contributed by atoms with van der Waals surface area (Å²) in [4.78, 5) is 23.3. The lowest BCUT2D eigenvalue weighted by atomic mass is 10.1. The Labute approximate surface area is 123 Å². The Morgan fingerprint density at radius 2 is 1.62 bits per heavy atom. The van der Waals surface area contributed by atoms with Gasteiger partial charge < -0.3 is 9.47 Å². The van der Waals surface area contributed by atoms with Crippen molar-refractivity contribution < 1.29 is 19.1 Å². The Morgan fingerprint density at radius 3 is 2.29 bits per heavy atom. The van der Waals surface area contributed by atoms with E-state index in [9.17, 15) is 9.59 Å². The monoisotopic (exact) mass is 284 g/mol. The van der Waals surface area contributed by atoms with Crippen LogP contribution in [0, 0.1) is 6.92 Å². The summed E-state index contributed by atoms with van der Waals surface area (Å²) in [5.41, 5.74) is 1.46. The number of carbonyl (C=O) groups excluding carboxylic acids is 2. The average molecular weight is 284 g/mol. The van der Waals surface area contributed by atoms with Gasteiger partial charge in [0.25, 0.3) is 0 Å². The van der Waals surface area contributed by atoms with Crippen molar-refractivity contribution in [1.82, 2.24) is 0 Å². The van der Waals surface area contributed by atoms with Gasteiger partial charge in [0.05, 0.1) is 5.56 Å². The normalized spacial score (nSPS) is 10.0. The molecule has 0 N–H and O–H groups in total. The van der Waals surface area contributed by atoms with Crippen LogP contribution in [0.15, 0.2) is 48.5 Å². The number of rotatable bonds is 4. The maximum Gasteiger partial charge on any atom is 0.343 e. The highest BCUT2D eigenvalue weighted by Gasteiger charge is 2.10. The van der Waals surface area contributed by atoms with Crippen LogP contribution >= 0.6 is 0 Å². The van der Waals surface area contributed by atoms with Gasteiger partial charge >= 0.3 is 11.9 Å². The molecular formula is C17H16O4. The van der Waals surface area contributed by atoms with Crippen molar-refractivity contribution in [2.45, 2.75) is 20.3 Å². The lowest BCUT2D eigenvalue weighted by Gasteiger charge is -2.07. The molecule has 108 valence electrons. The molecule has 0 aliphatic heterocycles. The fourth-order valence-electron chi connectivity index (χ4n) is 1.74. The van der Waals surface area contributed by atoms with Crippen molar-refractivity contribution in [3.8, 4) is 11.5 Å². The maximum atomic E-state index is 12.0. The first-order valence-electron chi connectivity index (χ1n) is 6.68. The van der Waals surface area contributed by atoms with Crippen molar-refractivity contribution in [2.75, 3.05) is 0 Å². The molecule has 0 aliphatic rings. The van der Waals surface area contributed by atoms with Gasteiger partial charge in [-0.05, 0) is 31.2 Å². The van der Waals surface area contributed by atoms with Gasteiger partial charge in [0.15, 0.2) is 0 Å². The van der Waals surface area contributed by atoms with Crippen LogP contribution < -0.4 is 9.47 Å². The minimum Gasteiger partial charge on any atom is -0.426 e. The summed E-state index contributed by atoms with van der Waals surface area (Å²) in [6.07, 6.45) is 0.285. The molecule has 0 spiro atoms. The van der Waals surface area contributed by atoms with Crippen LogP contribution in [0.4, 0.5) is 0 Å². The zero-order valence-electron chi connectivity index (χ0n) is 12.0. The van der Waals surface area contributed by atoms with E-state index in [1.165, 1.54) is 6.07 Å². The minimum atomic E-state index is -0.447. The van der Waals surface area contributed by atoms with E-state index in [0.29, 0.717) is 17.1 Å². The predicted octanol–water partition coefficient (Wildman–Crippen LogP) is 3.53. The first kappa shape index (κ1) is 14.8. The fourth-order valence-corrected chi connectivity index (χ4v) is 1.74. The highest BCUT2D eigenvalue weighted by Crippen LogP contribution is 2.21. The quantitative estimate of drug-likeness (QED) is 0.636. The molecule has 0 radical (unpaired) electrons. The number of ether oxygens (including phenoxy) is 2. The number of hydrogen-bond acceptors (Lipinski definition) is 4. The van der Waals surface area contributed by atoms with Crippen molar-refractivity contribution in [3.63, 3.8) is 0 Å². The van der Waals surface area contributed by atoms with E-state index in [2.05, 4.69) is 0 Å². The van der Waals surface area contributed by atoms with Crippen LogP contribution in [0.5, 0.6) is 11.5 Å². The van der Waals surface area contributed by atoms with Crippen LogP contribution in [0.25, 0.3) is 0 Å². The molecule has 0 atom stereocenters. The zero-order chi connectivity index (χ0) is 15.2. The van der Waals surface area contributed by atoms with Gasteiger partial charge in [0.2, 0.25) is 0 Å². The number of aryl methyl sites for hydroxylation is 1. The molecule has 0 saturated heterocycles. The minimum absolute atomic E-state index is 0.285. The van der Waals surface area contributed by atoms with E-state index in [0.717, 1.165) is 5.56 Å². The molecule has 2 rings (SSSR count). The van der Waals surface area contributed by atoms with Crippen LogP contribution in [0.1, 0.15) is 29.3 Å². The molecule has 0 fully saturated rings. The first-order valence-corrected chi connectivity index (χ1v) is 6.68. The van der Waals surface area contributed by atoms with E-state index in [-0.39, 0.29) is 12.4 Å². The highest BCUT2D eigenvalue weighted by molar-refractivity contribution is 5.91. The Balaban J connectivity index is 2.11. The molecule has 0 bridgehead atoms. The third-order valence-electron chi connectivity index (χ3n) is 2.79. The molecule has 0 heterocycles. The Kier molecular flexibility index (Phi) is 4.72. The van der Waals surface area contributed by atoms with Gasteiger partial charge in [-0.25, -0.2) is 4.79 Å². The van der Waals surface area contributed by atoms with Crippen molar-refractivity contribution in [3.05, 3.63) is 59.7 Å². The molecular weight excluding hydrogens is 268 g/mol. The third kappa shape index (κ3) is 4.18. The second-order valence-electron chi connectivity index (χ2n) is 4.56. The lowest BCUT2D eigenvalue weighted by Crippen LogP contribution is -2.09. The second-order valence-corrected chi connectivity index (χ2v) is 4.56. The Hall–Kier alpha value is -2.62.